The van der Waals surface area contributed by atoms with Gasteiger partial charge >= 0.3 is 0 Å². The summed E-state index contributed by atoms with van der Waals surface area (Å²) in [5.41, 5.74) is 0.570. The summed E-state index contributed by atoms with van der Waals surface area (Å²) in [4.78, 5) is 25.2. The number of aromatic nitrogens is 2. The molecule has 1 aromatic heterocycles. The first kappa shape index (κ1) is 17.5. The topological polar surface area (TPSA) is 67.8 Å². The summed E-state index contributed by atoms with van der Waals surface area (Å²) in [6.07, 6.45) is 3.28. The first-order valence-electron chi connectivity index (χ1n) is 7.86. The van der Waals surface area contributed by atoms with E-state index in [0.29, 0.717) is 43.4 Å². The monoisotopic (exact) mass is 406 g/mol. The van der Waals surface area contributed by atoms with E-state index in [0.717, 1.165) is 10.3 Å². The molecule has 0 aliphatic carbocycles. The van der Waals surface area contributed by atoms with E-state index in [4.69, 9.17) is 9.47 Å². The van der Waals surface area contributed by atoms with Crippen molar-refractivity contribution in [2.75, 3.05) is 45.3 Å². The number of methoxy groups -OCH3 is 2. The van der Waals surface area contributed by atoms with Crippen molar-refractivity contribution in [1.29, 1.82) is 0 Å². The van der Waals surface area contributed by atoms with Crippen LogP contribution < -0.4 is 14.4 Å². The molecule has 1 saturated heterocycles. The number of hydrogen-bond acceptors (Lipinski definition) is 6. The van der Waals surface area contributed by atoms with Crippen molar-refractivity contribution in [3.05, 3.63) is 40.6 Å². The highest BCUT2D eigenvalue weighted by molar-refractivity contribution is 9.10. The number of carbonyl (C=O) groups excluding carboxylic acids is 1. The molecule has 8 heteroatoms. The molecule has 1 aliphatic heterocycles. The lowest BCUT2D eigenvalue weighted by molar-refractivity contribution is 0.0743. The number of benzene rings is 1. The Balaban J connectivity index is 1.68. The van der Waals surface area contributed by atoms with Crippen LogP contribution >= 0.6 is 15.9 Å². The van der Waals surface area contributed by atoms with Crippen LogP contribution in [-0.4, -0.2) is 61.2 Å². The third-order valence-electron chi connectivity index (χ3n) is 4.09. The molecular formula is C17H19BrN4O3. The fraction of sp³-hybridized carbons (Fsp3) is 0.353. The number of ether oxygens (including phenoxy) is 2. The first-order valence-corrected chi connectivity index (χ1v) is 8.65. The summed E-state index contributed by atoms with van der Waals surface area (Å²) < 4.78 is 11.3. The Morgan fingerprint density at radius 3 is 2.56 bits per heavy atom. The Morgan fingerprint density at radius 2 is 1.88 bits per heavy atom. The highest BCUT2D eigenvalue weighted by atomic mass is 79.9. The molecule has 7 nitrogen and oxygen atoms in total. The second kappa shape index (κ2) is 7.69. The molecule has 0 saturated carbocycles. The maximum absolute atomic E-state index is 12.8. The van der Waals surface area contributed by atoms with Gasteiger partial charge in [0.2, 0.25) is 5.88 Å². The quantitative estimate of drug-likeness (QED) is 0.775. The lowest BCUT2D eigenvalue weighted by Crippen LogP contribution is -2.49. The van der Waals surface area contributed by atoms with Gasteiger partial charge in [-0.3, -0.25) is 9.78 Å². The number of piperazine rings is 1. The van der Waals surface area contributed by atoms with Gasteiger partial charge in [-0.2, -0.15) is 4.98 Å². The van der Waals surface area contributed by atoms with Crippen LogP contribution in [0.25, 0.3) is 0 Å². The summed E-state index contributed by atoms with van der Waals surface area (Å²) in [6.45, 7) is 2.59. The molecule has 1 amide bonds. The van der Waals surface area contributed by atoms with E-state index in [1.807, 2.05) is 11.0 Å². The summed E-state index contributed by atoms with van der Waals surface area (Å²) in [5, 5.41) is 0. The van der Waals surface area contributed by atoms with Gasteiger partial charge in [0.05, 0.1) is 32.2 Å². The second-order valence-electron chi connectivity index (χ2n) is 5.54. The first-order chi connectivity index (χ1) is 12.1. The van der Waals surface area contributed by atoms with Gasteiger partial charge in [0.15, 0.2) is 5.82 Å². The fourth-order valence-corrected chi connectivity index (χ4v) is 3.08. The normalized spacial score (nSPS) is 14.4. The molecule has 1 aliphatic rings. The number of hydrogen-bond donors (Lipinski definition) is 0. The van der Waals surface area contributed by atoms with Crippen LogP contribution in [0.4, 0.5) is 5.82 Å². The maximum atomic E-state index is 12.8. The van der Waals surface area contributed by atoms with Crippen LogP contribution in [0.15, 0.2) is 35.1 Å². The van der Waals surface area contributed by atoms with Crippen molar-refractivity contribution >= 4 is 27.7 Å². The molecule has 132 valence electrons. The van der Waals surface area contributed by atoms with Gasteiger partial charge < -0.3 is 19.3 Å². The largest absolute Gasteiger partial charge is 0.496 e. The minimum absolute atomic E-state index is 0.0271. The maximum Gasteiger partial charge on any atom is 0.257 e. The van der Waals surface area contributed by atoms with Crippen LogP contribution in [0.5, 0.6) is 11.6 Å². The summed E-state index contributed by atoms with van der Waals surface area (Å²) in [6, 6.07) is 5.43. The third kappa shape index (κ3) is 3.84. The van der Waals surface area contributed by atoms with Gasteiger partial charge in [0.1, 0.15) is 5.75 Å². The summed E-state index contributed by atoms with van der Waals surface area (Å²) in [7, 11) is 3.13. The minimum Gasteiger partial charge on any atom is -0.496 e. The molecule has 0 N–H and O–H groups in total. The van der Waals surface area contributed by atoms with Crippen molar-refractivity contribution < 1.29 is 14.3 Å². The zero-order valence-corrected chi connectivity index (χ0v) is 15.7. The van der Waals surface area contributed by atoms with Crippen LogP contribution in [0.3, 0.4) is 0 Å². The highest BCUT2D eigenvalue weighted by Crippen LogP contribution is 2.25. The number of halogens is 1. The average Bonchev–Trinajstić information content (AvgIpc) is 2.67. The Bertz CT molecular complexity index is 763. The van der Waals surface area contributed by atoms with E-state index >= 15 is 0 Å². The number of carbonyl (C=O) groups is 1. The molecule has 0 atom stereocenters. The molecule has 0 radical (unpaired) electrons. The molecule has 0 spiro atoms. The SMILES string of the molecule is COc1cncc(N2CCN(C(=O)c3ccc(Br)cc3OC)CC2)n1. The smallest absolute Gasteiger partial charge is 0.257 e. The van der Waals surface area contributed by atoms with Crippen molar-refractivity contribution in [3.63, 3.8) is 0 Å². The summed E-state index contributed by atoms with van der Waals surface area (Å²) in [5.74, 6) is 1.78. The standard InChI is InChI=1S/C17H19BrN4O3/c1-24-14-9-12(18)3-4-13(14)17(23)22-7-5-21(6-8-22)15-10-19-11-16(20-15)25-2/h3-4,9-11H,5-8H2,1-2H3. The van der Waals surface area contributed by atoms with E-state index in [2.05, 4.69) is 30.8 Å². The zero-order chi connectivity index (χ0) is 17.8. The summed E-state index contributed by atoms with van der Waals surface area (Å²) >= 11 is 3.39. The molecule has 0 bridgehead atoms. The molecule has 2 aromatic rings. The lowest BCUT2D eigenvalue weighted by atomic mass is 10.1. The van der Waals surface area contributed by atoms with Crippen LogP contribution in [0.2, 0.25) is 0 Å². The molecule has 2 heterocycles. The van der Waals surface area contributed by atoms with E-state index in [1.54, 1.807) is 38.7 Å². The molecular weight excluding hydrogens is 388 g/mol. The van der Waals surface area contributed by atoms with E-state index in [1.165, 1.54) is 0 Å². The Kier molecular flexibility index (Phi) is 5.37. The highest BCUT2D eigenvalue weighted by Gasteiger charge is 2.25. The molecule has 1 fully saturated rings. The van der Waals surface area contributed by atoms with Gasteiger partial charge in [-0.05, 0) is 18.2 Å². The number of anilines is 1. The fourth-order valence-electron chi connectivity index (χ4n) is 2.74. The van der Waals surface area contributed by atoms with Crippen molar-refractivity contribution in [3.8, 4) is 11.6 Å². The Morgan fingerprint density at radius 1 is 1.12 bits per heavy atom. The third-order valence-corrected chi connectivity index (χ3v) is 4.59. The molecule has 3 rings (SSSR count). The van der Waals surface area contributed by atoms with Crippen LogP contribution in [0, 0.1) is 0 Å². The zero-order valence-electron chi connectivity index (χ0n) is 14.1. The van der Waals surface area contributed by atoms with Gasteiger partial charge in [-0.25, -0.2) is 0 Å². The number of amides is 1. The van der Waals surface area contributed by atoms with E-state index < -0.39 is 0 Å². The predicted molar refractivity (Wildman–Crippen MR) is 97.4 cm³/mol. The van der Waals surface area contributed by atoms with Crippen molar-refractivity contribution in [2.24, 2.45) is 0 Å². The Labute approximate surface area is 154 Å². The van der Waals surface area contributed by atoms with Gasteiger partial charge in [0.25, 0.3) is 5.91 Å². The second-order valence-corrected chi connectivity index (χ2v) is 6.46. The minimum atomic E-state index is -0.0271. The van der Waals surface area contributed by atoms with E-state index in [9.17, 15) is 4.79 Å². The number of nitrogens with zero attached hydrogens (tertiary/aromatic N) is 4. The Hall–Kier alpha value is -2.35. The average molecular weight is 407 g/mol. The van der Waals surface area contributed by atoms with Gasteiger partial charge in [-0.15, -0.1) is 0 Å². The lowest BCUT2D eigenvalue weighted by Gasteiger charge is -2.35. The van der Waals surface area contributed by atoms with Crippen molar-refractivity contribution in [1.82, 2.24) is 14.9 Å². The predicted octanol–water partition coefficient (Wildman–Crippen LogP) is 2.22. The van der Waals surface area contributed by atoms with Crippen LogP contribution in [0.1, 0.15) is 10.4 Å². The van der Waals surface area contributed by atoms with Crippen molar-refractivity contribution in [2.45, 2.75) is 0 Å². The van der Waals surface area contributed by atoms with Gasteiger partial charge in [-0.1, -0.05) is 15.9 Å². The molecule has 25 heavy (non-hydrogen) atoms. The molecule has 1 aromatic carbocycles. The van der Waals surface area contributed by atoms with Gasteiger partial charge in [0, 0.05) is 30.7 Å². The van der Waals surface area contributed by atoms with Crippen LogP contribution in [-0.2, 0) is 0 Å². The molecule has 0 unspecified atom stereocenters. The number of rotatable bonds is 4. The van der Waals surface area contributed by atoms with E-state index in [-0.39, 0.29) is 5.91 Å².